The molecule has 0 saturated heterocycles. The van der Waals surface area contributed by atoms with Crippen molar-refractivity contribution < 1.29 is 4.74 Å². The monoisotopic (exact) mass is 429 g/mol. The number of benzene rings is 4. The number of allylic oxidation sites excluding steroid dienone is 1. The van der Waals surface area contributed by atoms with E-state index < -0.39 is 0 Å². The van der Waals surface area contributed by atoms with Crippen molar-refractivity contribution in [2.75, 3.05) is 0 Å². The average molecular weight is 430 g/mol. The lowest BCUT2D eigenvalue weighted by molar-refractivity contribution is 0.307. The van der Waals surface area contributed by atoms with E-state index in [9.17, 15) is 5.26 Å². The van der Waals surface area contributed by atoms with Crippen LogP contribution in [0.25, 0.3) is 22.4 Å². The van der Waals surface area contributed by atoms with E-state index in [1.54, 1.807) is 24.3 Å². The number of nitrogens with zero attached hydrogens (tertiary/aromatic N) is 1. The van der Waals surface area contributed by atoms with E-state index in [2.05, 4.69) is 30.3 Å². The molecule has 30 heavy (non-hydrogen) atoms. The molecule has 0 saturated carbocycles. The largest absolute Gasteiger partial charge is 0.488 e. The Kier molecular flexibility index (Phi) is 6.05. The molecule has 0 aliphatic heterocycles. The SMILES string of the molecule is N#C/C(=C/c1ccccc1OCc1cccc2ccccc12)c1ccc(Cl)c(Cl)c1. The molecule has 0 aliphatic rings. The molecule has 0 spiro atoms. The fraction of sp³-hybridized carbons (Fsp3) is 0.0385. The molecule has 0 radical (unpaired) electrons. The molecule has 0 fully saturated rings. The third kappa shape index (κ3) is 4.33. The molecule has 0 bridgehead atoms. The Hall–Kier alpha value is -3.25. The summed E-state index contributed by atoms with van der Waals surface area (Å²) < 4.78 is 6.15. The standard InChI is InChI=1S/C26H17Cl2NO/c27-24-13-12-19(15-25(24)28)22(16-29)14-20-7-2-4-11-26(20)30-17-21-9-5-8-18-6-1-3-10-23(18)21/h1-15H,17H2/b22-14-. The van der Waals surface area contributed by atoms with Crippen LogP contribution in [0.15, 0.2) is 84.9 Å². The zero-order valence-corrected chi connectivity index (χ0v) is 17.5. The third-order valence-electron chi connectivity index (χ3n) is 4.83. The lowest BCUT2D eigenvalue weighted by atomic mass is 10.0. The van der Waals surface area contributed by atoms with Crippen molar-refractivity contribution in [1.29, 1.82) is 5.26 Å². The molecule has 4 heteroatoms. The Morgan fingerprint density at radius 3 is 2.47 bits per heavy atom. The molecule has 0 heterocycles. The molecule has 4 rings (SSSR count). The first-order valence-corrected chi connectivity index (χ1v) is 10.2. The van der Waals surface area contributed by atoms with E-state index >= 15 is 0 Å². The van der Waals surface area contributed by atoms with Crippen molar-refractivity contribution in [2.24, 2.45) is 0 Å². The summed E-state index contributed by atoms with van der Waals surface area (Å²) in [4.78, 5) is 0. The highest BCUT2D eigenvalue weighted by molar-refractivity contribution is 6.42. The van der Waals surface area contributed by atoms with Crippen LogP contribution in [0.1, 0.15) is 16.7 Å². The number of ether oxygens (including phenoxy) is 1. The van der Waals surface area contributed by atoms with Crippen LogP contribution >= 0.6 is 23.2 Å². The van der Waals surface area contributed by atoms with Gasteiger partial charge in [-0.3, -0.25) is 0 Å². The molecular formula is C26H17Cl2NO. The van der Waals surface area contributed by atoms with Crippen molar-refractivity contribution in [3.05, 3.63) is 112 Å². The van der Waals surface area contributed by atoms with E-state index in [4.69, 9.17) is 27.9 Å². The van der Waals surface area contributed by atoms with Crippen molar-refractivity contribution >= 4 is 45.6 Å². The van der Waals surface area contributed by atoms with Gasteiger partial charge in [0, 0.05) is 5.56 Å². The van der Waals surface area contributed by atoms with E-state index in [1.807, 2.05) is 42.5 Å². The average Bonchev–Trinajstić information content (AvgIpc) is 2.78. The first-order valence-electron chi connectivity index (χ1n) is 9.41. The van der Waals surface area contributed by atoms with Gasteiger partial charge in [0.15, 0.2) is 0 Å². The maximum Gasteiger partial charge on any atom is 0.127 e. The van der Waals surface area contributed by atoms with Crippen LogP contribution in [0.4, 0.5) is 0 Å². The molecule has 0 aromatic heterocycles. The summed E-state index contributed by atoms with van der Waals surface area (Å²) in [5.74, 6) is 0.707. The second-order valence-electron chi connectivity index (χ2n) is 6.76. The molecule has 0 amide bonds. The van der Waals surface area contributed by atoms with Gasteiger partial charge in [0.2, 0.25) is 0 Å². The smallest absolute Gasteiger partial charge is 0.127 e. The molecule has 0 N–H and O–H groups in total. The summed E-state index contributed by atoms with van der Waals surface area (Å²) in [6, 6.07) is 29.5. The van der Waals surface area contributed by atoms with Crippen LogP contribution in [-0.4, -0.2) is 0 Å². The number of nitriles is 1. The minimum atomic E-state index is 0.413. The van der Waals surface area contributed by atoms with Crippen LogP contribution in [0, 0.1) is 11.3 Å². The van der Waals surface area contributed by atoms with Gasteiger partial charge in [-0.2, -0.15) is 5.26 Å². The van der Waals surface area contributed by atoms with E-state index in [-0.39, 0.29) is 0 Å². The summed E-state index contributed by atoms with van der Waals surface area (Å²) in [5.41, 5.74) is 3.11. The van der Waals surface area contributed by atoms with Crippen LogP contribution in [0.3, 0.4) is 0 Å². The van der Waals surface area contributed by atoms with E-state index in [0.717, 1.165) is 11.1 Å². The minimum Gasteiger partial charge on any atom is -0.488 e. The summed E-state index contributed by atoms with van der Waals surface area (Å²) in [6.07, 6.45) is 1.80. The Bertz CT molecular complexity index is 1280. The zero-order valence-electron chi connectivity index (χ0n) is 16.0. The fourth-order valence-corrected chi connectivity index (χ4v) is 3.60. The number of rotatable bonds is 5. The number of halogens is 2. The Labute approximate surface area is 185 Å². The van der Waals surface area contributed by atoms with Crippen LogP contribution in [-0.2, 0) is 6.61 Å². The summed E-state index contributed by atoms with van der Waals surface area (Å²) >= 11 is 12.1. The first-order chi connectivity index (χ1) is 14.7. The van der Waals surface area contributed by atoms with Gasteiger partial charge in [-0.15, -0.1) is 0 Å². The maximum atomic E-state index is 9.68. The van der Waals surface area contributed by atoms with Gasteiger partial charge in [-0.05, 0) is 46.2 Å². The topological polar surface area (TPSA) is 33.0 Å². The Balaban J connectivity index is 1.64. The van der Waals surface area contributed by atoms with E-state index in [1.165, 1.54) is 10.8 Å². The van der Waals surface area contributed by atoms with E-state index in [0.29, 0.717) is 33.5 Å². The minimum absolute atomic E-state index is 0.413. The molecule has 4 aromatic carbocycles. The van der Waals surface area contributed by atoms with Gasteiger partial charge in [-0.25, -0.2) is 0 Å². The lowest BCUT2D eigenvalue weighted by Gasteiger charge is -2.12. The van der Waals surface area contributed by atoms with Gasteiger partial charge in [0.25, 0.3) is 0 Å². The summed E-state index contributed by atoms with van der Waals surface area (Å²) in [6.45, 7) is 0.431. The summed E-state index contributed by atoms with van der Waals surface area (Å²) in [5, 5.41) is 12.9. The molecule has 146 valence electrons. The number of fused-ring (bicyclic) bond motifs is 1. The number of hydrogen-bond acceptors (Lipinski definition) is 2. The Morgan fingerprint density at radius 1 is 0.867 bits per heavy atom. The second-order valence-corrected chi connectivity index (χ2v) is 7.58. The Morgan fingerprint density at radius 2 is 1.63 bits per heavy atom. The molecule has 0 aliphatic carbocycles. The normalized spacial score (nSPS) is 11.3. The quantitative estimate of drug-likeness (QED) is 0.239. The molecule has 2 nitrogen and oxygen atoms in total. The van der Waals surface area contributed by atoms with Crippen molar-refractivity contribution in [2.45, 2.75) is 6.61 Å². The van der Waals surface area contributed by atoms with Crippen molar-refractivity contribution in [3.63, 3.8) is 0 Å². The van der Waals surface area contributed by atoms with Crippen molar-refractivity contribution in [3.8, 4) is 11.8 Å². The van der Waals surface area contributed by atoms with Gasteiger partial charge in [-0.1, -0.05) is 89.9 Å². The number of hydrogen-bond donors (Lipinski definition) is 0. The first kappa shape index (κ1) is 20.0. The van der Waals surface area contributed by atoms with Crippen molar-refractivity contribution in [1.82, 2.24) is 0 Å². The molecule has 0 atom stereocenters. The second kappa shape index (κ2) is 9.05. The molecule has 4 aromatic rings. The molecule has 0 unspecified atom stereocenters. The predicted octanol–water partition coefficient (Wildman–Crippen LogP) is 7.79. The highest BCUT2D eigenvalue weighted by Crippen LogP contribution is 2.29. The van der Waals surface area contributed by atoms with Crippen LogP contribution in [0.2, 0.25) is 10.0 Å². The maximum absolute atomic E-state index is 9.68. The molecular weight excluding hydrogens is 413 g/mol. The van der Waals surface area contributed by atoms with Gasteiger partial charge in [0.05, 0.1) is 21.7 Å². The van der Waals surface area contributed by atoms with Gasteiger partial charge >= 0.3 is 0 Å². The predicted molar refractivity (Wildman–Crippen MR) is 125 cm³/mol. The van der Waals surface area contributed by atoms with Gasteiger partial charge < -0.3 is 4.74 Å². The summed E-state index contributed by atoms with van der Waals surface area (Å²) in [7, 11) is 0. The lowest BCUT2D eigenvalue weighted by Crippen LogP contribution is -1.98. The fourth-order valence-electron chi connectivity index (χ4n) is 3.30. The van der Waals surface area contributed by atoms with Crippen LogP contribution < -0.4 is 4.74 Å². The third-order valence-corrected chi connectivity index (χ3v) is 5.57. The van der Waals surface area contributed by atoms with Crippen LogP contribution in [0.5, 0.6) is 5.75 Å². The highest BCUT2D eigenvalue weighted by atomic mass is 35.5. The van der Waals surface area contributed by atoms with Gasteiger partial charge in [0.1, 0.15) is 12.4 Å². The zero-order chi connectivity index (χ0) is 20.9. The highest BCUT2D eigenvalue weighted by Gasteiger charge is 2.08. The number of para-hydroxylation sites is 1.